The largest absolute Gasteiger partial charge is 0.364 e. The van der Waals surface area contributed by atoms with Crippen LogP contribution in [0.15, 0.2) is 28.7 Å². The van der Waals surface area contributed by atoms with Gasteiger partial charge in [-0.25, -0.2) is 23.5 Å². The molecule has 2 aromatic heterocycles. The van der Waals surface area contributed by atoms with E-state index in [-0.39, 0.29) is 10.7 Å². The van der Waals surface area contributed by atoms with Gasteiger partial charge in [0.25, 0.3) is 0 Å². The summed E-state index contributed by atoms with van der Waals surface area (Å²) in [4.78, 5) is 9.12. The lowest BCUT2D eigenvalue weighted by Crippen LogP contribution is -2.15. The van der Waals surface area contributed by atoms with Crippen LogP contribution >= 0.6 is 11.3 Å². The van der Waals surface area contributed by atoms with Crippen molar-refractivity contribution in [3.05, 3.63) is 34.4 Å². The summed E-state index contributed by atoms with van der Waals surface area (Å²) in [7, 11) is -3.77. The third-order valence-electron chi connectivity index (χ3n) is 2.34. The van der Waals surface area contributed by atoms with Crippen LogP contribution in [-0.2, 0) is 16.6 Å². The zero-order valence-electron chi connectivity index (χ0n) is 9.62. The second kappa shape index (κ2) is 5.01. The van der Waals surface area contributed by atoms with E-state index in [2.05, 4.69) is 15.3 Å². The molecule has 0 unspecified atom stereocenters. The number of sulfonamides is 1. The fourth-order valence-electron chi connectivity index (χ4n) is 1.41. The Morgan fingerprint density at radius 1 is 1.44 bits per heavy atom. The Hall–Kier alpha value is -1.51. The van der Waals surface area contributed by atoms with E-state index in [0.29, 0.717) is 6.54 Å². The van der Waals surface area contributed by atoms with Gasteiger partial charge in [0.15, 0.2) is 0 Å². The first-order chi connectivity index (χ1) is 8.48. The van der Waals surface area contributed by atoms with E-state index in [0.717, 1.165) is 10.6 Å². The minimum atomic E-state index is -3.77. The van der Waals surface area contributed by atoms with Gasteiger partial charge in [-0.15, -0.1) is 11.3 Å². The lowest BCUT2D eigenvalue weighted by Gasteiger charge is -2.08. The molecular formula is C10H12N4O2S2. The Morgan fingerprint density at radius 2 is 2.22 bits per heavy atom. The molecule has 3 N–H and O–H groups in total. The van der Waals surface area contributed by atoms with Crippen molar-refractivity contribution >= 4 is 27.2 Å². The van der Waals surface area contributed by atoms with Crippen LogP contribution in [0.5, 0.6) is 0 Å². The Kier molecular flexibility index (Phi) is 3.60. The van der Waals surface area contributed by atoms with Crippen LogP contribution < -0.4 is 10.5 Å². The average Bonchev–Trinajstić information content (AvgIpc) is 2.71. The van der Waals surface area contributed by atoms with Gasteiger partial charge in [0.2, 0.25) is 10.0 Å². The van der Waals surface area contributed by atoms with E-state index < -0.39 is 10.0 Å². The summed E-state index contributed by atoms with van der Waals surface area (Å²) in [5, 5.41) is 8.08. The number of pyridine rings is 1. The Bertz CT molecular complexity index is 651. The van der Waals surface area contributed by atoms with Gasteiger partial charge in [-0.1, -0.05) is 0 Å². The number of nitrogens with one attached hydrogen (secondary N) is 1. The number of anilines is 1. The molecule has 8 heteroatoms. The van der Waals surface area contributed by atoms with Gasteiger partial charge in [-0.2, -0.15) is 0 Å². The lowest BCUT2D eigenvalue weighted by molar-refractivity contribution is 0.597. The molecule has 0 spiro atoms. The average molecular weight is 284 g/mol. The summed E-state index contributed by atoms with van der Waals surface area (Å²) in [6, 6.07) is 2.95. The number of hydrogen-bond acceptors (Lipinski definition) is 6. The van der Waals surface area contributed by atoms with Gasteiger partial charge in [-0.05, 0) is 19.1 Å². The Morgan fingerprint density at radius 3 is 2.83 bits per heavy atom. The van der Waals surface area contributed by atoms with Crippen LogP contribution in [0.2, 0.25) is 0 Å². The number of aromatic nitrogens is 2. The highest BCUT2D eigenvalue weighted by Crippen LogP contribution is 2.19. The molecule has 0 radical (unpaired) electrons. The summed E-state index contributed by atoms with van der Waals surface area (Å²) in [5.74, 6) is 0.257. The summed E-state index contributed by atoms with van der Waals surface area (Å²) in [5.41, 5.74) is 2.66. The summed E-state index contributed by atoms with van der Waals surface area (Å²) >= 11 is 1.50. The first kappa shape index (κ1) is 12.9. The van der Waals surface area contributed by atoms with Gasteiger partial charge >= 0.3 is 0 Å². The van der Waals surface area contributed by atoms with Crippen molar-refractivity contribution < 1.29 is 8.42 Å². The monoisotopic (exact) mass is 284 g/mol. The minimum absolute atomic E-state index is 0.00725. The molecule has 0 aromatic carbocycles. The van der Waals surface area contributed by atoms with Crippen molar-refractivity contribution in [2.75, 3.05) is 5.32 Å². The predicted molar refractivity (Wildman–Crippen MR) is 69.8 cm³/mol. The summed E-state index contributed by atoms with van der Waals surface area (Å²) in [6.07, 6.45) is 1.51. The number of nitrogens with zero attached hydrogens (tertiary/aromatic N) is 2. The van der Waals surface area contributed by atoms with Crippen LogP contribution in [0.3, 0.4) is 0 Å². The minimum Gasteiger partial charge on any atom is -0.364 e. The molecule has 6 nitrogen and oxygen atoms in total. The molecule has 2 aromatic rings. The molecule has 0 saturated carbocycles. The topological polar surface area (TPSA) is 98.0 Å². The predicted octanol–water partition coefficient (Wildman–Crippen LogP) is 1.11. The molecule has 0 aliphatic carbocycles. The number of primary sulfonamides is 1. The molecular weight excluding hydrogens is 272 g/mol. The molecule has 0 aliphatic rings. The van der Waals surface area contributed by atoms with Crippen LogP contribution in [0, 0.1) is 6.92 Å². The van der Waals surface area contributed by atoms with E-state index in [1.807, 2.05) is 6.92 Å². The lowest BCUT2D eigenvalue weighted by atomic mass is 10.4. The van der Waals surface area contributed by atoms with Gasteiger partial charge in [-0.3, -0.25) is 0 Å². The highest BCUT2D eigenvalue weighted by Gasteiger charge is 2.14. The van der Waals surface area contributed by atoms with Crippen molar-refractivity contribution in [2.24, 2.45) is 5.14 Å². The Labute approximate surface area is 109 Å². The maximum atomic E-state index is 11.4. The van der Waals surface area contributed by atoms with Crippen molar-refractivity contribution in [1.82, 2.24) is 9.97 Å². The molecule has 0 saturated heterocycles. The van der Waals surface area contributed by atoms with E-state index in [1.54, 1.807) is 5.51 Å². The maximum absolute atomic E-state index is 11.4. The second-order valence-electron chi connectivity index (χ2n) is 3.61. The van der Waals surface area contributed by atoms with Gasteiger partial charge < -0.3 is 5.32 Å². The maximum Gasteiger partial charge on any atom is 0.241 e. The molecule has 18 heavy (non-hydrogen) atoms. The third kappa shape index (κ3) is 2.84. The quantitative estimate of drug-likeness (QED) is 0.876. The van der Waals surface area contributed by atoms with Gasteiger partial charge in [0.1, 0.15) is 10.7 Å². The van der Waals surface area contributed by atoms with E-state index >= 15 is 0 Å². The zero-order chi connectivity index (χ0) is 13.2. The molecule has 2 rings (SSSR count). The number of hydrogen-bond donors (Lipinski definition) is 2. The highest BCUT2D eigenvalue weighted by molar-refractivity contribution is 7.89. The molecule has 0 bridgehead atoms. The Balaban J connectivity index is 2.23. The SMILES string of the molecule is Cc1ncsc1CNc1ncccc1S(N)(=O)=O. The second-order valence-corrected chi connectivity index (χ2v) is 6.08. The normalized spacial score (nSPS) is 11.4. The third-order valence-corrected chi connectivity index (χ3v) is 4.22. The zero-order valence-corrected chi connectivity index (χ0v) is 11.3. The summed E-state index contributed by atoms with van der Waals surface area (Å²) in [6.45, 7) is 2.36. The number of rotatable bonds is 4. The molecule has 0 aliphatic heterocycles. The van der Waals surface area contributed by atoms with E-state index in [9.17, 15) is 8.42 Å². The molecule has 0 amide bonds. The van der Waals surface area contributed by atoms with Crippen LogP contribution in [0.1, 0.15) is 10.6 Å². The van der Waals surface area contributed by atoms with Crippen molar-refractivity contribution in [1.29, 1.82) is 0 Å². The van der Waals surface area contributed by atoms with Crippen LogP contribution in [0.4, 0.5) is 5.82 Å². The fourth-order valence-corrected chi connectivity index (χ4v) is 2.79. The van der Waals surface area contributed by atoms with E-state index in [1.165, 1.54) is 29.7 Å². The summed E-state index contributed by atoms with van der Waals surface area (Å²) < 4.78 is 22.7. The van der Waals surface area contributed by atoms with Crippen molar-refractivity contribution in [3.8, 4) is 0 Å². The number of nitrogens with two attached hydrogens (primary N) is 1. The first-order valence-corrected chi connectivity index (χ1v) is 7.52. The van der Waals surface area contributed by atoms with Gasteiger partial charge in [0.05, 0.1) is 17.7 Å². The highest BCUT2D eigenvalue weighted by atomic mass is 32.2. The molecule has 0 fully saturated rings. The molecule has 96 valence electrons. The smallest absolute Gasteiger partial charge is 0.241 e. The molecule has 2 heterocycles. The molecule has 0 atom stereocenters. The van der Waals surface area contributed by atoms with Gasteiger partial charge in [0, 0.05) is 11.1 Å². The van der Waals surface area contributed by atoms with Crippen LogP contribution in [0.25, 0.3) is 0 Å². The van der Waals surface area contributed by atoms with E-state index in [4.69, 9.17) is 5.14 Å². The fraction of sp³-hybridized carbons (Fsp3) is 0.200. The van der Waals surface area contributed by atoms with Crippen molar-refractivity contribution in [3.63, 3.8) is 0 Å². The number of thiazole rings is 1. The first-order valence-electron chi connectivity index (χ1n) is 5.09. The van der Waals surface area contributed by atoms with Crippen LogP contribution in [-0.4, -0.2) is 18.4 Å². The standard InChI is InChI=1S/C10H12N4O2S2/c1-7-8(17-6-14-7)5-13-10-9(18(11,15)16)3-2-4-12-10/h2-4,6H,5H2,1H3,(H,12,13)(H2,11,15,16). The number of aryl methyl sites for hydroxylation is 1. The van der Waals surface area contributed by atoms with Crippen molar-refractivity contribution in [2.45, 2.75) is 18.4 Å².